The minimum atomic E-state index is -6.00. The minimum Gasteiger partial charge on any atom is -0.454 e. The van der Waals surface area contributed by atoms with Crippen LogP contribution < -0.4 is 14.8 Å². The third-order valence-corrected chi connectivity index (χ3v) is 10.1. The molecule has 2 fully saturated rings. The van der Waals surface area contributed by atoms with Gasteiger partial charge >= 0.3 is 20.1 Å². The van der Waals surface area contributed by atoms with Crippen LogP contribution in [-0.4, -0.2) is 44.1 Å². The molecule has 2 saturated carbocycles. The summed E-state index contributed by atoms with van der Waals surface area (Å²) in [5, 5.41) is 0.763. The van der Waals surface area contributed by atoms with E-state index in [4.69, 9.17) is 9.47 Å². The van der Waals surface area contributed by atoms with E-state index in [1.165, 1.54) is 25.0 Å². The summed E-state index contributed by atoms with van der Waals surface area (Å²) in [4.78, 5) is 0. The van der Waals surface area contributed by atoms with E-state index in [-0.39, 0.29) is 11.5 Å². The van der Waals surface area contributed by atoms with E-state index in [1.54, 1.807) is 0 Å². The Kier molecular flexibility index (Phi) is 12.4. The predicted molar refractivity (Wildman–Crippen MR) is 121 cm³/mol. The number of rotatable bonds is 9. The summed E-state index contributed by atoms with van der Waals surface area (Å²) >= 11 is 0. The lowest BCUT2D eigenvalue weighted by Crippen LogP contribution is -2.27. The van der Waals surface area contributed by atoms with Crippen molar-refractivity contribution < 1.29 is 53.1 Å². The number of halogens is 10. The van der Waals surface area contributed by atoms with Crippen LogP contribution in [0.1, 0.15) is 64.2 Å². The number of benzene rings is 1. The van der Waals surface area contributed by atoms with Crippen LogP contribution in [0.3, 0.4) is 0 Å². The van der Waals surface area contributed by atoms with Crippen molar-refractivity contribution in [1.29, 1.82) is 0 Å². The summed E-state index contributed by atoms with van der Waals surface area (Å²) in [6.45, 7) is 0. The average molecular weight is 558 g/mol. The molecule has 208 valence electrons. The van der Waals surface area contributed by atoms with Gasteiger partial charge in [0.15, 0.2) is 0 Å². The fraction of sp³-hybridized carbons (Fsp3) is 0.727. The van der Waals surface area contributed by atoms with Gasteiger partial charge in [0, 0.05) is 26.1 Å². The SMILES string of the molecule is FC(F)C(F)Oc1cc(OC(F)C(F)F)cc([PH+](C2CCCCC2)C2CCCCC2)c1.F[B-](F)(F)F. The Labute approximate surface area is 205 Å². The van der Waals surface area contributed by atoms with Gasteiger partial charge in [-0.05, 0) is 51.4 Å². The van der Waals surface area contributed by atoms with Crippen molar-refractivity contribution in [2.75, 3.05) is 0 Å². The lowest BCUT2D eigenvalue weighted by Gasteiger charge is -2.32. The minimum absolute atomic E-state index is 0.240. The van der Waals surface area contributed by atoms with E-state index >= 15 is 0 Å². The number of alkyl halides is 6. The molecule has 2 aliphatic carbocycles. The first kappa shape index (κ1) is 30.8. The topological polar surface area (TPSA) is 18.5 Å². The van der Waals surface area contributed by atoms with Crippen LogP contribution in [0.4, 0.5) is 43.6 Å². The van der Waals surface area contributed by atoms with E-state index in [1.807, 2.05) is 0 Å². The van der Waals surface area contributed by atoms with Crippen molar-refractivity contribution in [3.8, 4) is 11.5 Å². The summed E-state index contributed by atoms with van der Waals surface area (Å²) in [5.41, 5.74) is 0.884. The molecule has 0 aliphatic heterocycles. The largest absolute Gasteiger partial charge is 0.673 e. The van der Waals surface area contributed by atoms with Crippen molar-refractivity contribution >= 4 is 20.5 Å². The fourth-order valence-corrected chi connectivity index (χ4v) is 9.16. The van der Waals surface area contributed by atoms with E-state index in [0.717, 1.165) is 62.7 Å². The van der Waals surface area contributed by atoms with Gasteiger partial charge in [-0.25, -0.2) is 17.6 Å². The average Bonchev–Trinajstić information content (AvgIpc) is 2.79. The number of hydrogen-bond donors (Lipinski definition) is 0. The van der Waals surface area contributed by atoms with Crippen molar-refractivity contribution in [3.63, 3.8) is 0 Å². The first-order valence-corrected chi connectivity index (χ1v) is 13.6. The first-order chi connectivity index (χ1) is 16.8. The van der Waals surface area contributed by atoms with E-state index in [0.29, 0.717) is 11.3 Å². The highest BCUT2D eigenvalue weighted by Gasteiger charge is 2.40. The highest BCUT2D eigenvalue weighted by molar-refractivity contribution is 7.67. The zero-order valence-corrected chi connectivity index (χ0v) is 20.4. The highest BCUT2D eigenvalue weighted by Crippen LogP contribution is 2.55. The maximum absolute atomic E-state index is 13.6. The smallest absolute Gasteiger partial charge is 0.454 e. The van der Waals surface area contributed by atoms with Gasteiger partial charge < -0.3 is 26.7 Å². The maximum atomic E-state index is 13.6. The number of ether oxygens (including phenoxy) is 2. The monoisotopic (exact) mass is 558 g/mol. The van der Waals surface area contributed by atoms with Gasteiger partial charge in [-0.3, -0.25) is 0 Å². The van der Waals surface area contributed by atoms with E-state index in [2.05, 4.69) is 0 Å². The van der Waals surface area contributed by atoms with Crippen molar-refractivity contribution in [1.82, 2.24) is 0 Å². The molecule has 2 unspecified atom stereocenters. The molecule has 2 atom stereocenters. The molecule has 1 aromatic rings. The lowest BCUT2D eigenvalue weighted by atomic mass is 9.99. The highest BCUT2D eigenvalue weighted by atomic mass is 31.1. The Morgan fingerprint density at radius 2 is 0.944 bits per heavy atom. The Balaban J connectivity index is 0.000000830. The van der Waals surface area contributed by atoms with Gasteiger partial charge in [-0.15, -0.1) is 0 Å². The third-order valence-electron chi connectivity index (χ3n) is 6.20. The Morgan fingerprint density at radius 1 is 0.611 bits per heavy atom. The molecule has 3 rings (SSSR count). The van der Waals surface area contributed by atoms with Gasteiger partial charge in [0.05, 0.1) is 16.6 Å². The Bertz CT molecular complexity index is 715. The second kappa shape index (κ2) is 14.5. The molecule has 0 N–H and O–H groups in total. The van der Waals surface area contributed by atoms with Crippen molar-refractivity contribution in [3.05, 3.63) is 18.2 Å². The summed E-state index contributed by atoms with van der Waals surface area (Å²) in [5.74, 6) is -0.480. The van der Waals surface area contributed by atoms with Crippen LogP contribution >= 0.6 is 7.92 Å². The van der Waals surface area contributed by atoms with E-state index in [9.17, 15) is 43.6 Å². The zero-order valence-electron chi connectivity index (χ0n) is 19.4. The summed E-state index contributed by atoms with van der Waals surface area (Å²) in [7, 11) is -7.26. The summed E-state index contributed by atoms with van der Waals surface area (Å²) in [6, 6.07) is 4.08. The second-order valence-corrected chi connectivity index (χ2v) is 12.0. The molecule has 0 heterocycles. The molecule has 0 aromatic heterocycles. The normalized spacial score (nSPS) is 19.7. The maximum Gasteiger partial charge on any atom is 0.673 e. The first-order valence-electron chi connectivity index (χ1n) is 11.9. The van der Waals surface area contributed by atoms with E-state index < -0.39 is 40.7 Å². The molecule has 36 heavy (non-hydrogen) atoms. The van der Waals surface area contributed by atoms with Gasteiger partial charge in [0.1, 0.15) is 11.5 Å². The van der Waals surface area contributed by atoms with Gasteiger partial charge in [-0.1, -0.05) is 12.8 Å². The molecule has 0 spiro atoms. The van der Waals surface area contributed by atoms with Gasteiger partial charge in [-0.2, -0.15) is 8.78 Å². The molecular formula is C22H30BF10O2P. The molecule has 0 saturated heterocycles. The molecular weight excluding hydrogens is 528 g/mol. The Hall–Kier alpha value is -1.39. The van der Waals surface area contributed by atoms with Gasteiger partial charge in [0.25, 0.3) is 12.7 Å². The third kappa shape index (κ3) is 10.9. The van der Waals surface area contributed by atoms with Crippen molar-refractivity contribution in [2.24, 2.45) is 0 Å². The zero-order chi connectivity index (χ0) is 26.9. The Morgan fingerprint density at radius 3 is 1.25 bits per heavy atom. The second-order valence-electron chi connectivity index (χ2n) is 8.92. The standard InChI is InChI=1S/C22H29F6O2P.BF4/c23-19(24)21(27)29-14-11-15(30-22(28)20(25)26)13-18(12-14)31(16-7-3-1-4-8-16)17-9-5-2-6-10-17;2-1(3,4)5/h11-13,16-17,19-22H,1-10H2;/q;-1/p+1. The summed E-state index contributed by atoms with van der Waals surface area (Å²) < 4.78 is 126. The van der Waals surface area contributed by atoms with Crippen LogP contribution in [0, 0.1) is 0 Å². The fourth-order valence-electron chi connectivity index (χ4n) is 4.87. The van der Waals surface area contributed by atoms with Crippen LogP contribution in [0.2, 0.25) is 0 Å². The predicted octanol–water partition coefficient (Wildman–Crippen LogP) is 8.37. The molecule has 1 aromatic carbocycles. The molecule has 2 aliphatic rings. The quantitative estimate of drug-likeness (QED) is 0.172. The lowest BCUT2D eigenvalue weighted by molar-refractivity contribution is -0.0704. The molecule has 0 bridgehead atoms. The van der Waals surface area contributed by atoms with Gasteiger partial charge in [0.2, 0.25) is 0 Å². The number of hydrogen-bond acceptors (Lipinski definition) is 2. The van der Waals surface area contributed by atoms with Crippen LogP contribution in [-0.2, 0) is 0 Å². The summed E-state index contributed by atoms with van der Waals surface area (Å²) in [6.07, 6.45) is -1.44. The molecule has 14 heteroatoms. The molecule has 0 radical (unpaired) electrons. The van der Waals surface area contributed by atoms with Crippen LogP contribution in [0.5, 0.6) is 11.5 Å². The van der Waals surface area contributed by atoms with Crippen molar-refractivity contribution in [2.45, 2.75) is 101 Å². The van der Waals surface area contributed by atoms with Crippen LogP contribution in [0.25, 0.3) is 0 Å². The molecule has 2 nitrogen and oxygen atoms in total. The molecule has 0 amide bonds. The van der Waals surface area contributed by atoms with Crippen LogP contribution in [0.15, 0.2) is 18.2 Å².